The van der Waals surface area contributed by atoms with Crippen LogP contribution in [-0.4, -0.2) is 5.11 Å². The van der Waals surface area contributed by atoms with Gasteiger partial charge in [0.1, 0.15) is 5.75 Å². The second kappa shape index (κ2) is 5.68. The summed E-state index contributed by atoms with van der Waals surface area (Å²) < 4.78 is 0. The van der Waals surface area contributed by atoms with Crippen molar-refractivity contribution in [3.63, 3.8) is 0 Å². The lowest BCUT2D eigenvalue weighted by atomic mass is 10.3. The van der Waals surface area contributed by atoms with Crippen LogP contribution in [0.2, 0.25) is 0 Å². The van der Waals surface area contributed by atoms with Crippen LogP contribution in [0.25, 0.3) is 0 Å². The first kappa shape index (κ1) is 12.7. The van der Waals surface area contributed by atoms with E-state index >= 15 is 0 Å². The predicted octanol–water partition coefficient (Wildman–Crippen LogP) is 3.55. The minimum absolute atomic E-state index is 0. The molecule has 0 unspecified atom stereocenters. The standard InChI is InChI=1S/C12H11NOS.ClH/c13-11-7-6-10(8-12(11)14)15-9-4-2-1-3-5-9;/h1-8,14H,13H2;1H. The van der Waals surface area contributed by atoms with Gasteiger partial charge in [0.05, 0.1) is 5.69 Å². The maximum absolute atomic E-state index is 9.44. The molecule has 0 aliphatic carbocycles. The van der Waals surface area contributed by atoms with Gasteiger partial charge in [-0.2, -0.15) is 0 Å². The number of anilines is 1. The second-order valence-electron chi connectivity index (χ2n) is 3.14. The number of halogens is 1. The Hall–Kier alpha value is -1.32. The summed E-state index contributed by atoms with van der Waals surface area (Å²) in [7, 11) is 0. The molecule has 2 rings (SSSR count). The lowest BCUT2D eigenvalue weighted by Crippen LogP contribution is -1.84. The first-order valence-electron chi connectivity index (χ1n) is 4.57. The molecule has 0 fully saturated rings. The Balaban J connectivity index is 0.00000128. The minimum Gasteiger partial charge on any atom is -0.506 e. The summed E-state index contributed by atoms with van der Waals surface area (Å²) >= 11 is 1.59. The van der Waals surface area contributed by atoms with Crippen LogP contribution in [0, 0.1) is 0 Å². The van der Waals surface area contributed by atoms with Crippen molar-refractivity contribution in [2.75, 3.05) is 5.73 Å². The third kappa shape index (κ3) is 3.08. The smallest absolute Gasteiger partial charge is 0.139 e. The van der Waals surface area contributed by atoms with E-state index < -0.39 is 0 Å². The molecule has 0 aromatic heterocycles. The summed E-state index contributed by atoms with van der Waals surface area (Å²) in [6, 6.07) is 15.3. The fourth-order valence-corrected chi connectivity index (χ4v) is 2.08. The van der Waals surface area contributed by atoms with Crippen molar-refractivity contribution in [2.45, 2.75) is 9.79 Å². The Morgan fingerprint density at radius 3 is 2.25 bits per heavy atom. The molecule has 0 amide bonds. The van der Waals surface area contributed by atoms with Crippen LogP contribution >= 0.6 is 24.2 Å². The second-order valence-corrected chi connectivity index (χ2v) is 4.28. The molecule has 0 radical (unpaired) electrons. The zero-order chi connectivity index (χ0) is 10.7. The molecule has 0 saturated carbocycles. The van der Waals surface area contributed by atoms with Crippen LogP contribution in [0.15, 0.2) is 58.3 Å². The van der Waals surface area contributed by atoms with Crippen molar-refractivity contribution in [2.24, 2.45) is 0 Å². The topological polar surface area (TPSA) is 46.2 Å². The average molecular weight is 254 g/mol. The average Bonchev–Trinajstić information content (AvgIpc) is 2.25. The maximum atomic E-state index is 9.44. The number of rotatable bonds is 2. The minimum atomic E-state index is 0. The molecule has 2 nitrogen and oxygen atoms in total. The fraction of sp³-hybridized carbons (Fsp3) is 0. The van der Waals surface area contributed by atoms with Crippen LogP contribution in [0.3, 0.4) is 0 Å². The van der Waals surface area contributed by atoms with Gasteiger partial charge >= 0.3 is 0 Å². The third-order valence-corrected chi connectivity index (χ3v) is 2.98. The molecule has 4 heteroatoms. The number of phenols is 1. The third-order valence-electron chi connectivity index (χ3n) is 1.98. The highest BCUT2D eigenvalue weighted by atomic mass is 35.5. The van der Waals surface area contributed by atoms with Crippen LogP contribution in [-0.2, 0) is 0 Å². The zero-order valence-electron chi connectivity index (χ0n) is 8.46. The summed E-state index contributed by atoms with van der Waals surface area (Å²) in [5.74, 6) is 0.135. The number of hydrogen-bond acceptors (Lipinski definition) is 3. The van der Waals surface area contributed by atoms with E-state index in [9.17, 15) is 5.11 Å². The number of nitrogens with two attached hydrogens (primary N) is 1. The highest BCUT2D eigenvalue weighted by Gasteiger charge is 2.00. The largest absolute Gasteiger partial charge is 0.506 e. The van der Waals surface area contributed by atoms with Crippen LogP contribution in [0.1, 0.15) is 0 Å². The van der Waals surface area contributed by atoms with E-state index in [2.05, 4.69) is 0 Å². The zero-order valence-corrected chi connectivity index (χ0v) is 10.1. The Labute approximate surface area is 105 Å². The lowest BCUT2D eigenvalue weighted by molar-refractivity contribution is 0.476. The van der Waals surface area contributed by atoms with Crippen molar-refractivity contribution in [3.8, 4) is 5.75 Å². The van der Waals surface area contributed by atoms with Gasteiger partial charge in [-0.3, -0.25) is 0 Å². The molecule has 0 saturated heterocycles. The molecule has 2 aromatic rings. The van der Waals surface area contributed by atoms with E-state index in [1.807, 2.05) is 36.4 Å². The van der Waals surface area contributed by atoms with Gasteiger partial charge in [-0.05, 0) is 30.3 Å². The van der Waals surface area contributed by atoms with Gasteiger partial charge < -0.3 is 10.8 Å². The number of aromatic hydroxyl groups is 1. The molecular formula is C12H12ClNOS. The summed E-state index contributed by atoms with van der Waals surface area (Å²) in [6.07, 6.45) is 0. The van der Waals surface area contributed by atoms with Crippen LogP contribution in [0.5, 0.6) is 5.75 Å². The van der Waals surface area contributed by atoms with Crippen molar-refractivity contribution >= 4 is 29.9 Å². The molecule has 84 valence electrons. The molecule has 16 heavy (non-hydrogen) atoms. The quantitative estimate of drug-likeness (QED) is 0.636. The predicted molar refractivity (Wildman–Crippen MR) is 70.3 cm³/mol. The van der Waals surface area contributed by atoms with Gasteiger partial charge in [0.25, 0.3) is 0 Å². The van der Waals surface area contributed by atoms with E-state index in [0.717, 1.165) is 9.79 Å². The summed E-state index contributed by atoms with van der Waals surface area (Å²) in [5.41, 5.74) is 5.93. The van der Waals surface area contributed by atoms with Crippen molar-refractivity contribution in [1.29, 1.82) is 0 Å². The van der Waals surface area contributed by atoms with E-state index in [1.54, 1.807) is 23.9 Å². The van der Waals surface area contributed by atoms with Crippen molar-refractivity contribution < 1.29 is 5.11 Å². The molecule has 0 atom stereocenters. The highest BCUT2D eigenvalue weighted by molar-refractivity contribution is 7.99. The Bertz CT molecular complexity index is 462. The van der Waals surface area contributed by atoms with Crippen LogP contribution in [0.4, 0.5) is 5.69 Å². The number of benzene rings is 2. The molecule has 3 N–H and O–H groups in total. The van der Waals surface area contributed by atoms with E-state index in [-0.39, 0.29) is 18.2 Å². The van der Waals surface area contributed by atoms with E-state index in [1.165, 1.54) is 0 Å². The van der Waals surface area contributed by atoms with Gasteiger partial charge in [0.2, 0.25) is 0 Å². The molecule has 2 aromatic carbocycles. The summed E-state index contributed by atoms with van der Waals surface area (Å²) in [5, 5.41) is 9.44. The number of nitrogen functional groups attached to an aromatic ring is 1. The molecule has 0 aliphatic heterocycles. The highest BCUT2D eigenvalue weighted by Crippen LogP contribution is 2.31. The van der Waals surface area contributed by atoms with Gasteiger partial charge in [-0.25, -0.2) is 0 Å². The Morgan fingerprint density at radius 1 is 0.938 bits per heavy atom. The number of phenolic OH excluding ortho intramolecular Hbond substituents is 1. The normalized spacial score (nSPS) is 9.50. The SMILES string of the molecule is Cl.Nc1ccc(Sc2ccccc2)cc1O. The molecule has 0 spiro atoms. The van der Waals surface area contributed by atoms with E-state index in [4.69, 9.17) is 5.73 Å². The summed E-state index contributed by atoms with van der Waals surface area (Å²) in [4.78, 5) is 2.12. The maximum Gasteiger partial charge on any atom is 0.139 e. The van der Waals surface area contributed by atoms with Gasteiger partial charge in [0, 0.05) is 9.79 Å². The number of hydrogen-bond donors (Lipinski definition) is 2. The van der Waals surface area contributed by atoms with Crippen LogP contribution < -0.4 is 5.73 Å². The Kier molecular flexibility index (Phi) is 4.52. The molecule has 0 heterocycles. The monoisotopic (exact) mass is 253 g/mol. The summed E-state index contributed by atoms with van der Waals surface area (Å²) in [6.45, 7) is 0. The van der Waals surface area contributed by atoms with E-state index in [0.29, 0.717) is 5.69 Å². The van der Waals surface area contributed by atoms with Crippen molar-refractivity contribution in [3.05, 3.63) is 48.5 Å². The Morgan fingerprint density at radius 2 is 1.62 bits per heavy atom. The van der Waals surface area contributed by atoms with Gasteiger partial charge in [0.15, 0.2) is 0 Å². The first-order chi connectivity index (χ1) is 7.25. The van der Waals surface area contributed by atoms with Gasteiger partial charge in [-0.1, -0.05) is 30.0 Å². The molecule has 0 bridgehead atoms. The van der Waals surface area contributed by atoms with Gasteiger partial charge in [-0.15, -0.1) is 12.4 Å². The fourth-order valence-electron chi connectivity index (χ4n) is 1.21. The first-order valence-corrected chi connectivity index (χ1v) is 5.39. The lowest BCUT2D eigenvalue weighted by Gasteiger charge is -2.03. The van der Waals surface area contributed by atoms with Crippen molar-refractivity contribution in [1.82, 2.24) is 0 Å². The molecular weight excluding hydrogens is 242 g/mol. The molecule has 0 aliphatic rings.